The van der Waals surface area contributed by atoms with Crippen molar-refractivity contribution in [2.24, 2.45) is 5.92 Å². The lowest BCUT2D eigenvalue weighted by molar-refractivity contribution is -0.150. The van der Waals surface area contributed by atoms with Crippen LogP contribution in [0.25, 0.3) is 0 Å². The lowest BCUT2D eigenvalue weighted by atomic mass is 9.94. The maximum Gasteiger partial charge on any atom is 0.308 e. The highest BCUT2D eigenvalue weighted by molar-refractivity contribution is 7.12. The number of carbonyl (C=O) groups is 5. The van der Waals surface area contributed by atoms with Gasteiger partial charge >= 0.3 is 11.9 Å². The Hall–Kier alpha value is -2.79. The van der Waals surface area contributed by atoms with Crippen molar-refractivity contribution in [1.29, 1.82) is 0 Å². The quantitative estimate of drug-likeness (QED) is 0.0507. The number of ether oxygens (including phenoxy) is 2. The summed E-state index contributed by atoms with van der Waals surface area (Å²) in [6.45, 7) is 15.9. The zero-order chi connectivity index (χ0) is 52.3. The van der Waals surface area contributed by atoms with Crippen molar-refractivity contribution in [1.82, 2.24) is 15.1 Å². The number of rotatable bonds is 44. The molecule has 1 aliphatic heterocycles. The smallest absolute Gasteiger partial charge is 0.308 e. The van der Waals surface area contributed by atoms with Crippen LogP contribution >= 0.6 is 11.3 Å². The molecule has 1 aromatic heterocycles. The van der Waals surface area contributed by atoms with E-state index < -0.39 is 0 Å². The third kappa shape index (κ3) is 34.4. The summed E-state index contributed by atoms with van der Waals surface area (Å²) >= 11 is 1.64. The van der Waals surface area contributed by atoms with Crippen molar-refractivity contribution in [3.63, 3.8) is 0 Å². The van der Waals surface area contributed by atoms with Gasteiger partial charge in [0.1, 0.15) is 11.9 Å². The Balaban J connectivity index is 0.000000781. The third-order valence-corrected chi connectivity index (χ3v) is 15.2. The molecule has 1 atom stereocenters. The van der Waals surface area contributed by atoms with Crippen molar-refractivity contribution in [3.8, 4) is 0 Å². The molecule has 1 aromatic rings. The minimum Gasteiger partial charge on any atom is -0.465 e. The first-order valence-corrected chi connectivity index (χ1v) is 30.4. The maximum absolute atomic E-state index is 13.0. The highest BCUT2D eigenvalue weighted by Crippen LogP contribution is 2.33. The predicted molar refractivity (Wildman–Crippen MR) is 298 cm³/mol. The minimum atomic E-state index is -0.108. The second kappa shape index (κ2) is 44.7. The fraction of sp³-hybridized carbons (Fsp3) is 0.850. The van der Waals surface area contributed by atoms with Crippen LogP contribution in [0.3, 0.4) is 0 Å². The number of hydrogen-bond acceptors (Lipinski definition) is 9. The topological polar surface area (TPSA) is 122 Å². The van der Waals surface area contributed by atoms with Crippen LogP contribution in [-0.4, -0.2) is 85.8 Å². The second-order valence-corrected chi connectivity index (χ2v) is 22.4. The molecule has 0 aromatic carbocycles. The van der Waals surface area contributed by atoms with E-state index in [0.717, 1.165) is 111 Å². The monoisotopic (exact) mass is 1020 g/mol. The Morgan fingerprint density at radius 2 is 1.11 bits per heavy atom. The van der Waals surface area contributed by atoms with Crippen LogP contribution in [-0.2, 0) is 41.6 Å². The van der Waals surface area contributed by atoms with Gasteiger partial charge in [0.05, 0.1) is 24.6 Å². The van der Waals surface area contributed by atoms with Crippen molar-refractivity contribution >= 4 is 40.9 Å². The highest BCUT2D eigenvalue weighted by Gasteiger charge is 2.28. The first-order valence-electron chi connectivity index (χ1n) is 29.5. The molecule has 0 saturated heterocycles. The van der Waals surface area contributed by atoms with Gasteiger partial charge in [-0.15, -0.1) is 11.3 Å². The molecule has 71 heavy (non-hydrogen) atoms. The number of nitrogens with one attached hydrogen (secondary N) is 1. The van der Waals surface area contributed by atoms with E-state index in [1.165, 1.54) is 116 Å². The number of thiophene rings is 1. The molecule has 2 heterocycles. The van der Waals surface area contributed by atoms with Crippen molar-refractivity contribution in [2.75, 3.05) is 40.3 Å². The van der Waals surface area contributed by atoms with Gasteiger partial charge < -0.3 is 29.4 Å². The summed E-state index contributed by atoms with van der Waals surface area (Å²) in [5.41, 5.74) is 1.93. The zero-order valence-corrected chi connectivity index (χ0v) is 48.1. The number of hydrogen-bond donors (Lipinski definition) is 1. The van der Waals surface area contributed by atoms with Crippen molar-refractivity contribution in [3.05, 3.63) is 20.9 Å². The van der Waals surface area contributed by atoms with Crippen molar-refractivity contribution < 1.29 is 33.4 Å². The van der Waals surface area contributed by atoms with E-state index in [1.54, 1.807) is 18.3 Å². The Morgan fingerprint density at radius 1 is 0.620 bits per heavy atom. The van der Waals surface area contributed by atoms with Crippen LogP contribution in [0, 0.1) is 12.8 Å². The molecular weight excluding hydrogens is 907 g/mol. The van der Waals surface area contributed by atoms with Gasteiger partial charge in [-0.2, -0.15) is 0 Å². The zero-order valence-electron chi connectivity index (χ0n) is 47.3. The van der Waals surface area contributed by atoms with E-state index in [1.807, 2.05) is 25.9 Å². The number of fused-ring (bicyclic) bond motifs is 1. The van der Waals surface area contributed by atoms with E-state index in [9.17, 15) is 24.0 Å². The third-order valence-electron chi connectivity index (χ3n) is 14.0. The minimum absolute atomic E-state index is 0.00981. The number of amides is 2. The van der Waals surface area contributed by atoms with Gasteiger partial charge in [-0.25, -0.2) is 0 Å². The molecule has 2 amide bonds. The Labute approximate surface area is 440 Å². The Bertz CT molecular complexity index is 1510. The molecule has 0 fully saturated rings. The van der Waals surface area contributed by atoms with Gasteiger partial charge in [0.25, 0.3) is 5.91 Å². The maximum atomic E-state index is 13.0. The SMILES string of the molecule is CCCCCCCCC(CCCCCC)OC(=O)CCCCC(=O)N1CCc2c(sc(C)c2C(=O)NCCCN(C)C)C1.CCCCCCCCC(CCCCCCCC)C(=O)OCCCCCC(C)=O. The number of carbonyl (C=O) groups excluding carboxylic acids is 5. The average Bonchev–Trinajstić information content (AvgIpc) is 3.68. The van der Waals surface area contributed by atoms with E-state index in [2.05, 4.69) is 37.9 Å². The number of ketones is 1. The molecule has 0 bridgehead atoms. The summed E-state index contributed by atoms with van der Waals surface area (Å²) in [4.78, 5) is 68.2. The van der Waals surface area contributed by atoms with Crippen LogP contribution in [0.4, 0.5) is 0 Å². The molecular formula is C60H109N3O7S. The fourth-order valence-electron chi connectivity index (χ4n) is 9.56. The largest absolute Gasteiger partial charge is 0.465 e. The Morgan fingerprint density at radius 3 is 1.66 bits per heavy atom. The van der Waals surface area contributed by atoms with Gasteiger partial charge in [-0.1, -0.05) is 156 Å². The number of nitrogens with zero attached hydrogens (tertiary/aromatic N) is 2. The lowest BCUT2D eigenvalue weighted by Gasteiger charge is -2.27. The summed E-state index contributed by atoms with van der Waals surface area (Å²) < 4.78 is 11.5. The van der Waals surface area contributed by atoms with Crippen LogP contribution in [0.1, 0.15) is 285 Å². The molecule has 0 spiro atoms. The number of unbranched alkanes of at least 4 members (excludes halogenated alkanes) is 21. The van der Waals surface area contributed by atoms with Crippen LogP contribution in [0.2, 0.25) is 0 Å². The molecule has 412 valence electrons. The van der Waals surface area contributed by atoms with Gasteiger partial charge in [-0.05, 0) is 124 Å². The predicted octanol–water partition coefficient (Wildman–Crippen LogP) is 15.6. The molecule has 0 radical (unpaired) electrons. The normalized spacial score (nSPS) is 12.7. The summed E-state index contributed by atoms with van der Waals surface area (Å²) in [7, 11) is 4.07. The Kier molecular flexibility index (Phi) is 41.7. The molecule has 1 unspecified atom stereocenters. The van der Waals surface area contributed by atoms with Crippen LogP contribution in [0.5, 0.6) is 0 Å². The van der Waals surface area contributed by atoms with Gasteiger partial charge in [0.15, 0.2) is 0 Å². The highest BCUT2D eigenvalue weighted by atomic mass is 32.1. The average molecular weight is 1020 g/mol. The number of aryl methyl sites for hydroxylation is 1. The second-order valence-electron chi connectivity index (χ2n) is 21.1. The number of Topliss-reactive ketones (excluding diaryl/α,β-unsaturated/α-hetero) is 1. The van der Waals surface area contributed by atoms with E-state index in [0.29, 0.717) is 58.3 Å². The van der Waals surface area contributed by atoms with Gasteiger partial charge in [-0.3, -0.25) is 19.2 Å². The molecule has 11 heteroatoms. The summed E-state index contributed by atoms with van der Waals surface area (Å²) in [5, 5.41) is 3.08. The number of esters is 2. The molecule has 10 nitrogen and oxygen atoms in total. The van der Waals surface area contributed by atoms with Crippen molar-refractivity contribution in [2.45, 2.75) is 285 Å². The van der Waals surface area contributed by atoms with Gasteiger partial charge in [0, 0.05) is 42.1 Å². The summed E-state index contributed by atoms with van der Waals surface area (Å²) in [6, 6.07) is 0. The van der Waals surface area contributed by atoms with Crippen LogP contribution < -0.4 is 5.32 Å². The lowest BCUT2D eigenvalue weighted by Crippen LogP contribution is -2.36. The van der Waals surface area contributed by atoms with Gasteiger partial charge in [0.2, 0.25) is 5.91 Å². The van der Waals surface area contributed by atoms with E-state index in [4.69, 9.17) is 9.47 Å². The molecule has 0 saturated carbocycles. The van der Waals surface area contributed by atoms with E-state index in [-0.39, 0.29) is 41.6 Å². The standard InChI is InChI=1S/C35H61N3O4S.C25H48O3/c1-6-8-10-12-13-15-20-29(19-14-11-9-7-2)42-33(40)22-17-16-21-32(39)38-26-23-30-31(27-38)43-28(3)34(30)35(41)36-24-18-25-37(4)5;1-4-6-8-10-12-16-20-24(21-17-13-11-9-7-5-2)25(27)28-22-18-14-15-19-23(3)26/h29H,6-27H2,1-5H3,(H,36,41);24H,4-22H2,1-3H3. The first-order chi connectivity index (χ1) is 34.4. The summed E-state index contributed by atoms with van der Waals surface area (Å²) in [5.74, 6) is 0.397. The summed E-state index contributed by atoms with van der Waals surface area (Å²) in [6.07, 6.45) is 38.7. The molecule has 2 rings (SSSR count). The molecule has 1 aliphatic rings. The van der Waals surface area contributed by atoms with E-state index >= 15 is 0 Å². The van der Waals surface area contributed by atoms with Crippen LogP contribution in [0.15, 0.2) is 0 Å². The molecule has 0 aliphatic carbocycles. The molecule has 1 N–H and O–H groups in total. The fourth-order valence-corrected chi connectivity index (χ4v) is 10.8. The first kappa shape index (κ1) is 66.2.